The van der Waals surface area contributed by atoms with Gasteiger partial charge in [0.25, 0.3) is 0 Å². The van der Waals surface area contributed by atoms with Crippen LogP contribution in [0.2, 0.25) is 0 Å². The standard InChI is InChI=1S/C16H20FN7O/c17-11-1-3-12(4-2-11)18-16(25)19-13-7-8-23(9-13)10-15-20-21-22-24(15)14-5-6-14/h1-4,13-14H,5-10H2,(H2,18,19,25). The third-order valence-electron chi connectivity index (χ3n) is 4.53. The molecule has 9 heteroatoms. The first-order valence-corrected chi connectivity index (χ1v) is 8.49. The molecule has 1 unspecified atom stereocenters. The maximum absolute atomic E-state index is 12.9. The smallest absolute Gasteiger partial charge is 0.319 e. The summed E-state index contributed by atoms with van der Waals surface area (Å²) in [6.07, 6.45) is 3.17. The van der Waals surface area contributed by atoms with Crippen LogP contribution >= 0.6 is 0 Å². The van der Waals surface area contributed by atoms with Crippen LogP contribution in [0.1, 0.15) is 31.1 Å². The molecule has 1 saturated heterocycles. The number of amides is 2. The van der Waals surface area contributed by atoms with E-state index >= 15 is 0 Å². The summed E-state index contributed by atoms with van der Waals surface area (Å²) < 4.78 is 14.8. The highest BCUT2D eigenvalue weighted by Gasteiger charge is 2.30. The zero-order valence-corrected chi connectivity index (χ0v) is 13.7. The second-order valence-corrected chi connectivity index (χ2v) is 6.60. The fourth-order valence-electron chi connectivity index (χ4n) is 3.10. The second-order valence-electron chi connectivity index (χ2n) is 6.60. The molecule has 2 heterocycles. The summed E-state index contributed by atoms with van der Waals surface area (Å²) in [6, 6.07) is 5.96. The fraction of sp³-hybridized carbons (Fsp3) is 0.500. The molecule has 1 atom stereocenters. The molecule has 2 amide bonds. The summed E-state index contributed by atoms with van der Waals surface area (Å²) in [4.78, 5) is 14.3. The van der Waals surface area contributed by atoms with Crippen LogP contribution in [0.3, 0.4) is 0 Å². The number of urea groups is 1. The minimum atomic E-state index is -0.328. The van der Waals surface area contributed by atoms with Crippen molar-refractivity contribution in [2.45, 2.75) is 37.9 Å². The Morgan fingerprint density at radius 2 is 2.04 bits per heavy atom. The molecule has 1 aromatic carbocycles. The van der Waals surface area contributed by atoms with Crippen LogP contribution in [0, 0.1) is 5.82 Å². The molecule has 25 heavy (non-hydrogen) atoms. The van der Waals surface area contributed by atoms with Crippen LogP contribution in [-0.4, -0.2) is 50.3 Å². The highest BCUT2D eigenvalue weighted by molar-refractivity contribution is 5.89. The first-order valence-electron chi connectivity index (χ1n) is 8.49. The van der Waals surface area contributed by atoms with Gasteiger partial charge in [0, 0.05) is 24.8 Å². The zero-order chi connectivity index (χ0) is 17.2. The van der Waals surface area contributed by atoms with Gasteiger partial charge in [-0.1, -0.05) is 0 Å². The van der Waals surface area contributed by atoms with Gasteiger partial charge in [-0.2, -0.15) is 0 Å². The van der Waals surface area contributed by atoms with Crippen LogP contribution < -0.4 is 10.6 Å². The van der Waals surface area contributed by atoms with Crippen molar-refractivity contribution in [3.05, 3.63) is 35.9 Å². The van der Waals surface area contributed by atoms with E-state index in [0.717, 1.165) is 38.2 Å². The maximum atomic E-state index is 12.9. The van der Waals surface area contributed by atoms with E-state index in [2.05, 4.69) is 31.1 Å². The molecular formula is C16H20FN7O. The molecule has 2 aromatic rings. The van der Waals surface area contributed by atoms with Gasteiger partial charge < -0.3 is 10.6 Å². The lowest BCUT2D eigenvalue weighted by molar-refractivity contribution is 0.247. The van der Waals surface area contributed by atoms with Crippen LogP contribution in [0.15, 0.2) is 24.3 Å². The molecular weight excluding hydrogens is 325 g/mol. The number of nitrogens with one attached hydrogen (secondary N) is 2. The Kier molecular flexibility index (Phi) is 4.31. The number of benzene rings is 1. The first kappa shape index (κ1) is 15.9. The molecule has 132 valence electrons. The Morgan fingerprint density at radius 1 is 1.24 bits per heavy atom. The number of halogens is 1. The predicted octanol–water partition coefficient (Wildman–Crippen LogP) is 1.54. The number of carbonyl (C=O) groups excluding carboxylic acids is 1. The Labute approximate surface area is 144 Å². The highest BCUT2D eigenvalue weighted by atomic mass is 19.1. The molecule has 1 aliphatic carbocycles. The van der Waals surface area contributed by atoms with Gasteiger partial charge in [-0.15, -0.1) is 5.10 Å². The minimum Gasteiger partial charge on any atom is -0.334 e. The summed E-state index contributed by atoms with van der Waals surface area (Å²) in [7, 11) is 0. The van der Waals surface area contributed by atoms with Gasteiger partial charge in [0.05, 0.1) is 12.6 Å². The molecule has 1 aromatic heterocycles. The monoisotopic (exact) mass is 345 g/mol. The Balaban J connectivity index is 1.26. The predicted molar refractivity (Wildman–Crippen MR) is 88.3 cm³/mol. The van der Waals surface area contributed by atoms with E-state index < -0.39 is 0 Å². The number of hydrogen-bond donors (Lipinski definition) is 2. The number of likely N-dealkylation sites (tertiary alicyclic amines) is 1. The van der Waals surface area contributed by atoms with Gasteiger partial charge in [0.15, 0.2) is 5.82 Å². The van der Waals surface area contributed by atoms with Gasteiger partial charge >= 0.3 is 6.03 Å². The quantitative estimate of drug-likeness (QED) is 0.858. The lowest BCUT2D eigenvalue weighted by atomic mass is 10.3. The normalized spacial score (nSPS) is 20.6. The largest absolute Gasteiger partial charge is 0.334 e. The highest BCUT2D eigenvalue weighted by Crippen LogP contribution is 2.34. The zero-order valence-electron chi connectivity index (χ0n) is 13.7. The van der Waals surface area contributed by atoms with E-state index in [1.807, 2.05) is 4.68 Å². The van der Waals surface area contributed by atoms with E-state index in [1.165, 1.54) is 24.3 Å². The van der Waals surface area contributed by atoms with Gasteiger partial charge in [0.2, 0.25) is 0 Å². The van der Waals surface area contributed by atoms with Crippen LogP contribution in [-0.2, 0) is 6.54 Å². The Bertz CT molecular complexity index is 743. The number of anilines is 1. The summed E-state index contributed by atoms with van der Waals surface area (Å²) in [5.41, 5.74) is 0.567. The Morgan fingerprint density at radius 3 is 2.80 bits per heavy atom. The molecule has 0 bridgehead atoms. The lowest BCUT2D eigenvalue weighted by Crippen LogP contribution is -2.39. The van der Waals surface area contributed by atoms with Crippen molar-refractivity contribution < 1.29 is 9.18 Å². The van der Waals surface area contributed by atoms with Crippen LogP contribution in [0.5, 0.6) is 0 Å². The van der Waals surface area contributed by atoms with E-state index in [4.69, 9.17) is 0 Å². The summed E-state index contributed by atoms with van der Waals surface area (Å²) >= 11 is 0. The molecule has 0 spiro atoms. The van der Waals surface area contributed by atoms with Crippen molar-refractivity contribution in [1.82, 2.24) is 30.4 Å². The van der Waals surface area contributed by atoms with E-state index in [0.29, 0.717) is 18.3 Å². The van der Waals surface area contributed by atoms with Crippen molar-refractivity contribution in [2.24, 2.45) is 0 Å². The number of carbonyl (C=O) groups is 1. The lowest BCUT2D eigenvalue weighted by Gasteiger charge is -2.16. The van der Waals surface area contributed by atoms with Crippen molar-refractivity contribution >= 4 is 11.7 Å². The molecule has 8 nitrogen and oxygen atoms in total. The molecule has 1 aliphatic heterocycles. The molecule has 1 saturated carbocycles. The summed E-state index contributed by atoms with van der Waals surface area (Å²) in [5.74, 6) is 0.560. The van der Waals surface area contributed by atoms with Crippen LogP contribution in [0.4, 0.5) is 14.9 Å². The molecule has 2 N–H and O–H groups in total. The number of nitrogens with zero attached hydrogens (tertiary/aromatic N) is 5. The SMILES string of the molecule is O=C(Nc1ccc(F)cc1)NC1CCN(Cc2nnnn2C2CC2)C1. The van der Waals surface area contributed by atoms with Crippen molar-refractivity contribution in [2.75, 3.05) is 18.4 Å². The Hall–Kier alpha value is -2.55. The van der Waals surface area contributed by atoms with E-state index in [1.54, 1.807) is 0 Å². The molecule has 2 aliphatic rings. The van der Waals surface area contributed by atoms with Crippen molar-refractivity contribution in [1.29, 1.82) is 0 Å². The van der Waals surface area contributed by atoms with Crippen molar-refractivity contribution in [3.8, 4) is 0 Å². The number of tetrazole rings is 1. The van der Waals surface area contributed by atoms with Gasteiger partial charge in [-0.25, -0.2) is 13.9 Å². The summed E-state index contributed by atoms with van der Waals surface area (Å²) in [5, 5.41) is 17.6. The van der Waals surface area contributed by atoms with Gasteiger partial charge in [-0.3, -0.25) is 4.90 Å². The average molecular weight is 345 g/mol. The third-order valence-corrected chi connectivity index (χ3v) is 4.53. The second kappa shape index (κ2) is 6.75. The minimum absolute atomic E-state index is 0.0747. The van der Waals surface area contributed by atoms with Gasteiger partial charge in [0.1, 0.15) is 5.82 Å². The number of rotatable bonds is 5. The molecule has 4 rings (SSSR count). The maximum Gasteiger partial charge on any atom is 0.319 e. The van der Waals surface area contributed by atoms with Crippen LogP contribution in [0.25, 0.3) is 0 Å². The van der Waals surface area contributed by atoms with Gasteiger partial charge in [-0.05, 0) is 54.0 Å². The third kappa shape index (κ3) is 3.93. The van der Waals surface area contributed by atoms with Crippen molar-refractivity contribution in [3.63, 3.8) is 0 Å². The van der Waals surface area contributed by atoms with E-state index in [9.17, 15) is 9.18 Å². The number of hydrogen-bond acceptors (Lipinski definition) is 5. The van der Waals surface area contributed by atoms with E-state index in [-0.39, 0.29) is 17.9 Å². The first-order chi connectivity index (χ1) is 12.2. The molecule has 0 radical (unpaired) electrons. The average Bonchev–Trinajstić information content (AvgIpc) is 3.18. The molecule has 2 fully saturated rings. The fourth-order valence-corrected chi connectivity index (χ4v) is 3.10. The number of aromatic nitrogens is 4. The summed E-state index contributed by atoms with van der Waals surface area (Å²) in [6.45, 7) is 2.34. The topological polar surface area (TPSA) is 88.0 Å².